The molecule has 0 spiro atoms. The molecule has 2 rings (SSSR count). The van der Waals surface area contributed by atoms with Gasteiger partial charge in [0.25, 0.3) is 0 Å². The van der Waals surface area contributed by atoms with E-state index in [0.29, 0.717) is 11.9 Å². The SMILES string of the molecule is COc1ccc(C(CN=C(C)N)N2CCCCC2)cc1. The molecule has 1 saturated heterocycles. The molecule has 0 radical (unpaired) electrons. The minimum atomic E-state index is 0.319. The average molecular weight is 275 g/mol. The van der Waals surface area contributed by atoms with Gasteiger partial charge in [0, 0.05) is 0 Å². The van der Waals surface area contributed by atoms with E-state index in [1.807, 2.05) is 19.1 Å². The predicted octanol–water partition coefficient (Wildman–Crippen LogP) is 2.60. The van der Waals surface area contributed by atoms with E-state index < -0.39 is 0 Å². The normalized spacial score (nSPS) is 18.8. The average Bonchev–Trinajstić information content (AvgIpc) is 2.49. The van der Waals surface area contributed by atoms with Crippen LogP contribution in [0.25, 0.3) is 0 Å². The number of piperidine rings is 1. The summed E-state index contributed by atoms with van der Waals surface area (Å²) in [5, 5.41) is 0. The maximum absolute atomic E-state index is 5.71. The summed E-state index contributed by atoms with van der Waals surface area (Å²) in [5.74, 6) is 1.55. The van der Waals surface area contributed by atoms with Gasteiger partial charge in [-0.25, -0.2) is 0 Å². The van der Waals surface area contributed by atoms with Crippen molar-refractivity contribution >= 4 is 5.84 Å². The molecule has 4 nitrogen and oxygen atoms in total. The number of ether oxygens (including phenoxy) is 1. The number of aliphatic imine (C=N–C) groups is 1. The number of rotatable bonds is 5. The van der Waals surface area contributed by atoms with Gasteiger partial charge in [-0.3, -0.25) is 9.89 Å². The lowest BCUT2D eigenvalue weighted by Crippen LogP contribution is -2.35. The van der Waals surface area contributed by atoms with Gasteiger partial charge in [0.05, 0.1) is 25.5 Å². The molecule has 1 aliphatic rings. The van der Waals surface area contributed by atoms with Gasteiger partial charge < -0.3 is 10.5 Å². The van der Waals surface area contributed by atoms with Crippen LogP contribution in [0.5, 0.6) is 5.75 Å². The largest absolute Gasteiger partial charge is 0.497 e. The first-order valence-electron chi connectivity index (χ1n) is 7.35. The van der Waals surface area contributed by atoms with Crippen LogP contribution in [0.3, 0.4) is 0 Å². The molecule has 1 heterocycles. The lowest BCUT2D eigenvalue weighted by molar-refractivity contribution is 0.168. The molecule has 1 aliphatic heterocycles. The van der Waals surface area contributed by atoms with Crippen LogP contribution in [0.2, 0.25) is 0 Å². The van der Waals surface area contributed by atoms with Gasteiger partial charge in [0.2, 0.25) is 0 Å². The third-order valence-electron chi connectivity index (χ3n) is 3.85. The van der Waals surface area contributed by atoms with E-state index in [1.54, 1.807) is 7.11 Å². The van der Waals surface area contributed by atoms with Gasteiger partial charge >= 0.3 is 0 Å². The standard InChI is InChI=1S/C16H25N3O/c1-13(17)18-12-16(19-10-4-3-5-11-19)14-6-8-15(20-2)9-7-14/h6-9,16H,3-5,10-12H2,1-2H3,(H2,17,18). The highest BCUT2D eigenvalue weighted by Gasteiger charge is 2.22. The summed E-state index contributed by atoms with van der Waals surface area (Å²) in [6.45, 7) is 4.88. The summed E-state index contributed by atoms with van der Waals surface area (Å²) in [6, 6.07) is 8.63. The predicted molar refractivity (Wildman–Crippen MR) is 83.3 cm³/mol. The van der Waals surface area contributed by atoms with Crippen LogP contribution in [0, 0.1) is 0 Å². The van der Waals surface area contributed by atoms with Gasteiger partial charge in [-0.15, -0.1) is 0 Å². The summed E-state index contributed by atoms with van der Waals surface area (Å²) in [4.78, 5) is 6.97. The number of amidine groups is 1. The van der Waals surface area contributed by atoms with Crippen LogP contribution in [0.1, 0.15) is 37.8 Å². The Labute approximate surface area is 121 Å². The molecule has 110 valence electrons. The highest BCUT2D eigenvalue weighted by atomic mass is 16.5. The zero-order chi connectivity index (χ0) is 14.4. The Balaban J connectivity index is 2.16. The highest BCUT2D eigenvalue weighted by Crippen LogP contribution is 2.26. The minimum Gasteiger partial charge on any atom is -0.497 e. The Morgan fingerprint density at radius 2 is 1.90 bits per heavy atom. The second-order valence-corrected chi connectivity index (χ2v) is 5.37. The molecule has 4 heteroatoms. The maximum atomic E-state index is 5.71. The van der Waals surface area contributed by atoms with Crippen molar-refractivity contribution in [3.05, 3.63) is 29.8 Å². The van der Waals surface area contributed by atoms with Gasteiger partial charge in [-0.1, -0.05) is 18.6 Å². The van der Waals surface area contributed by atoms with Gasteiger partial charge in [-0.05, 0) is 50.6 Å². The number of nitrogens with two attached hydrogens (primary N) is 1. The molecule has 1 aromatic rings. The Morgan fingerprint density at radius 1 is 1.25 bits per heavy atom. The second kappa shape index (κ2) is 7.29. The van der Waals surface area contributed by atoms with Crippen LogP contribution < -0.4 is 10.5 Å². The molecule has 2 N–H and O–H groups in total. The molecule has 0 aliphatic carbocycles. The number of benzene rings is 1. The van der Waals surface area contributed by atoms with Crippen LogP contribution in [0.4, 0.5) is 0 Å². The summed E-state index contributed by atoms with van der Waals surface area (Å²) in [5.41, 5.74) is 6.99. The van der Waals surface area contributed by atoms with Crippen molar-refractivity contribution in [3.8, 4) is 5.75 Å². The van der Waals surface area contributed by atoms with Crippen molar-refractivity contribution in [1.82, 2.24) is 4.90 Å². The zero-order valence-electron chi connectivity index (χ0n) is 12.5. The van der Waals surface area contributed by atoms with E-state index in [9.17, 15) is 0 Å². The Morgan fingerprint density at radius 3 is 2.45 bits per heavy atom. The molecule has 1 aromatic carbocycles. The molecule has 0 bridgehead atoms. The molecule has 1 atom stereocenters. The van der Waals surface area contributed by atoms with Crippen LogP contribution in [-0.4, -0.2) is 37.5 Å². The van der Waals surface area contributed by atoms with E-state index in [1.165, 1.54) is 24.8 Å². The monoisotopic (exact) mass is 275 g/mol. The Bertz CT molecular complexity index is 432. The number of nitrogens with zero attached hydrogens (tertiary/aromatic N) is 2. The molecule has 0 amide bonds. The highest BCUT2D eigenvalue weighted by molar-refractivity contribution is 5.77. The van der Waals surface area contributed by atoms with E-state index in [0.717, 1.165) is 25.4 Å². The molecule has 20 heavy (non-hydrogen) atoms. The second-order valence-electron chi connectivity index (χ2n) is 5.37. The number of methoxy groups -OCH3 is 1. The summed E-state index contributed by atoms with van der Waals surface area (Å²) >= 11 is 0. The van der Waals surface area contributed by atoms with E-state index in [4.69, 9.17) is 10.5 Å². The first-order chi connectivity index (χ1) is 9.70. The summed E-state index contributed by atoms with van der Waals surface area (Å²) in [7, 11) is 1.69. The molecule has 1 fully saturated rings. The summed E-state index contributed by atoms with van der Waals surface area (Å²) < 4.78 is 5.23. The molecule has 0 saturated carbocycles. The van der Waals surface area contributed by atoms with Crippen molar-refractivity contribution in [2.24, 2.45) is 10.7 Å². The maximum Gasteiger partial charge on any atom is 0.118 e. The van der Waals surface area contributed by atoms with Gasteiger partial charge in [0.1, 0.15) is 5.75 Å². The van der Waals surface area contributed by atoms with Crippen LogP contribution in [0.15, 0.2) is 29.3 Å². The number of likely N-dealkylation sites (tertiary alicyclic amines) is 1. The molecular formula is C16H25N3O. The topological polar surface area (TPSA) is 50.9 Å². The van der Waals surface area contributed by atoms with Crippen molar-refractivity contribution < 1.29 is 4.74 Å². The molecular weight excluding hydrogens is 250 g/mol. The fourth-order valence-corrected chi connectivity index (χ4v) is 2.72. The smallest absolute Gasteiger partial charge is 0.118 e. The van der Waals surface area contributed by atoms with Crippen molar-refractivity contribution in [3.63, 3.8) is 0 Å². The van der Waals surface area contributed by atoms with Gasteiger partial charge in [0.15, 0.2) is 0 Å². The quantitative estimate of drug-likeness (QED) is 0.664. The fourth-order valence-electron chi connectivity index (χ4n) is 2.72. The van der Waals surface area contributed by atoms with Crippen molar-refractivity contribution in [2.45, 2.75) is 32.2 Å². The van der Waals surface area contributed by atoms with E-state index in [2.05, 4.69) is 22.0 Å². The summed E-state index contributed by atoms with van der Waals surface area (Å²) in [6.07, 6.45) is 3.89. The van der Waals surface area contributed by atoms with Crippen molar-refractivity contribution in [2.75, 3.05) is 26.7 Å². The van der Waals surface area contributed by atoms with Gasteiger partial charge in [-0.2, -0.15) is 0 Å². The first-order valence-corrected chi connectivity index (χ1v) is 7.35. The molecule has 1 unspecified atom stereocenters. The lowest BCUT2D eigenvalue weighted by Gasteiger charge is -2.34. The fraction of sp³-hybridized carbons (Fsp3) is 0.562. The molecule has 0 aromatic heterocycles. The zero-order valence-corrected chi connectivity index (χ0v) is 12.5. The van der Waals surface area contributed by atoms with Crippen molar-refractivity contribution in [1.29, 1.82) is 0 Å². The van der Waals surface area contributed by atoms with E-state index in [-0.39, 0.29) is 0 Å². The first kappa shape index (κ1) is 14.9. The third-order valence-corrected chi connectivity index (χ3v) is 3.85. The Hall–Kier alpha value is -1.55. The van der Waals surface area contributed by atoms with Crippen LogP contribution in [-0.2, 0) is 0 Å². The van der Waals surface area contributed by atoms with Crippen LogP contribution >= 0.6 is 0 Å². The Kier molecular flexibility index (Phi) is 5.41. The van der Waals surface area contributed by atoms with E-state index >= 15 is 0 Å². The third kappa shape index (κ3) is 3.97. The minimum absolute atomic E-state index is 0.319. The number of hydrogen-bond donors (Lipinski definition) is 1. The lowest BCUT2D eigenvalue weighted by atomic mass is 10.0. The number of hydrogen-bond acceptors (Lipinski definition) is 3.